The number of fused-ring (bicyclic) bond motifs is 1. The first-order valence-electron chi connectivity index (χ1n) is 9.19. The molecule has 6 nitrogen and oxygen atoms in total. The van der Waals surface area contributed by atoms with Gasteiger partial charge in [-0.3, -0.25) is 9.69 Å². The van der Waals surface area contributed by atoms with Crippen molar-refractivity contribution in [3.05, 3.63) is 0 Å². The Hall–Kier alpha value is -1.79. The number of amides is 1. The van der Waals surface area contributed by atoms with Crippen molar-refractivity contribution < 1.29 is 4.79 Å². The van der Waals surface area contributed by atoms with Crippen LogP contribution in [-0.2, 0) is 4.79 Å². The monoisotopic (exact) mass is 329 g/mol. The van der Waals surface area contributed by atoms with Crippen LogP contribution in [-0.4, -0.2) is 65.9 Å². The predicted molar refractivity (Wildman–Crippen MR) is 89.4 cm³/mol. The van der Waals surface area contributed by atoms with E-state index >= 15 is 0 Å². The average molecular weight is 329 g/mol. The zero-order valence-electron chi connectivity index (χ0n) is 14.5. The molecule has 2 saturated heterocycles. The maximum Gasteiger partial charge on any atom is 0.241 e. The van der Waals surface area contributed by atoms with Gasteiger partial charge in [-0.25, -0.2) is 0 Å². The molecule has 1 unspecified atom stereocenters. The summed E-state index contributed by atoms with van der Waals surface area (Å²) in [7, 11) is 0. The highest BCUT2D eigenvalue weighted by atomic mass is 16.2. The SMILES string of the molecule is CC(CN1CCN2CCN(C#N)C[C@@H]2C1=O)C1CCC(C#N)CC1. The molecule has 0 aromatic heterocycles. The van der Waals surface area contributed by atoms with Crippen LogP contribution in [0.4, 0.5) is 0 Å². The lowest BCUT2D eigenvalue weighted by Gasteiger charge is -2.46. The minimum atomic E-state index is -0.145. The molecular weight excluding hydrogens is 302 g/mol. The second-order valence-electron chi connectivity index (χ2n) is 7.60. The Morgan fingerprint density at radius 1 is 1.12 bits per heavy atom. The average Bonchev–Trinajstić information content (AvgIpc) is 2.63. The quantitative estimate of drug-likeness (QED) is 0.729. The Labute approximate surface area is 144 Å². The summed E-state index contributed by atoms with van der Waals surface area (Å²) in [6, 6.07) is 2.25. The molecule has 24 heavy (non-hydrogen) atoms. The molecule has 2 heterocycles. The lowest BCUT2D eigenvalue weighted by atomic mass is 9.76. The standard InChI is InChI=1S/C18H27N5O/c1-14(16-4-2-15(10-19)3-5-16)11-23-9-8-22-7-6-21(13-20)12-17(22)18(23)24/h14-17H,2-9,11-12H2,1H3/t14?,15?,16?,17-/m1/s1. The lowest BCUT2D eigenvalue weighted by molar-refractivity contribution is -0.145. The van der Waals surface area contributed by atoms with Crippen LogP contribution in [0, 0.1) is 40.5 Å². The summed E-state index contributed by atoms with van der Waals surface area (Å²) in [5.74, 6) is 1.54. The summed E-state index contributed by atoms with van der Waals surface area (Å²) in [4.78, 5) is 18.8. The Bertz CT molecular complexity index is 543. The van der Waals surface area contributed by atoms with E-state index in [1.54, 1.807) is 4.90 Å². The summed E-state index contributed by atoms with van der Waals surface area (Å²) in [6.07, 6.45) is 6.42. The van der Waals surface area contributed by atoms with Gasteiger partial charge < -0.3 is 9.80 Å². The highest BCUT2D eigenvalue weighted by Gasteiger charge is 2.39. The van der Waals surface area contributed by atoms with Gasteiger partial charge in [0.1, 0.15) is 6.04 Å². The molecule has 2 aliphatic heterocycles. The second-order valence-corrected chi connectivity index (χ2v) is 7.60. The van der Waals surface area contributed by atoms with Gasteiger partial charge in [-0.2, -0.15) is 10.5 Å². The van der Waals surface area contributed by atoms with Gasteiger partial charge >= 0.3 is 0 Å². The van der Waals surface area contributed by atoms with E-state index in [0.29, 0.717) is 18.4 Å². The van der Waals surface area contributed by atoms with Crippen LogP contribution < -0.4 is 0 Å². The normalized spacial score (nSPS) is 32.6. The zero-order valence-corrected chi connectivity index (χ0v) is 14.5. The van der Waals surface area contributed by atoms with Crippen LogP contribution >= 0.6 is 0 Å². The molecule has 0 aromatic rings. The maximum absolute atomic E-state index is 12.8. The van der Waals surface area contributed by atoms with Gasteiger partial charge in [-0.15, -0.1) is 0 Å². The number of nitriles is 2. The van der Waals surface area contributed by atoms with Crippen molar-refractivity contribution in [2.75, 3.05) is 39.3 Å². The van der Waals surface area contributed by atoms with Crippen molar-refractivity contribution in [2.45, 2.75) is 38.6 Å². The summed E-state index contributed by atoms with van der Waals surface area (Å²) < 4.78 is 0. The smallest absolute Gasteiger partial charge is 0.241 e. The third-order valence-electron chi connectivity index (χ3n) is 6.15. The first-order valence-corrected chi connectivity index (χ1v) is 9.19. The first kappa shape index (κ1) is 17.0. The van der Waals surface area contributed by atoms with E-state index in [1.807, 2.05) is 4.90 Å². The Morgan fingerprint density at radius 3 is 2.50 bits per heavy atom. The van der Waals surface area contributed by atoms with Crippen molar-refractivity contribution in [1.82, 2.24) is 14.7 Å². The van der Waals surface area contributed by atoms with Crippen LogP contribution in [0.5, 0.6) is 0 Å². The number of hydrogen-bond donors (Lipinski definition) is 0. The zero-order chi connectivity index (χ0) is 17.1. The number of carbonyl (C=O) groups is 1. The maximum atomic E-state index is 12.8. The number of nitrogens with zero attached hydrogens (tertiary/aromatic N) is 5. The molecule has 130 valence electrons. The minimum Gasteiger partial charge on any atom is -0.340 e. The molecule has 0 spiro atoms. The summed E-state index contributed by atoms with van der Waals surface area (Å²) >= 11 is 0. The highest BCUT2D eigenvalue weighted by Crippen LogP contribution is 2.33. The van der Waals surface area contributed by atoms with Gasteiger partial charge in [0.25, 0.3) is 0 Å². The summed E-state index contributed by atoms with van der Waals surface area (Å²) in [5.41, 5.74) is 0. The molecular formula is C18H27N5O. The van der Waals surface area contributed by atoms with E-state index in [0.717, 1.165) is 58.4 Å². The van der Waals surface area contributed by atoms with Crippen molar-refractivity contribution in [2.24, 2.45) is 17.8 Å². The summed E-state index contributed by atoms with van der Waals surface area (Å²) in [6.45, 7) is 6.87. The highest BCUT2D eigenvalue weighted by molar-refractivity contribution is 5.83. The van der Waals surface area contributed by atoms with Gasteiger partial charge in [0.2, 0.25) is 5.91 Å². The predicted octanol–water partition coefficient (Wildman–Crippen LogP) is 1.26. The van der Waals surface area contributed by atoms with Gasteiger partial charge in [-0.05, 0) is 37.5 Å². The number of piperazine rings is 2. The second kappa shape index (κ2) is 7.40. The van der Waals surface area contributed by atoms with Crippen molar-refractivity contribution in [1.29, 1.82) is 10.5 Å². The van der Waals surface area contributed by atoms with Gasteiger partial charge in [0.15, 0.2) is 6.19 Å². The lowest BCUT2D eigenvalue weighted by Crippen LogP contribution is -2.64. The molecule has 1 amide bonds. The van der Waals surface area contributed by atoms with E-state index in [4.69, 9.17) is 10.5 Å². The van der Waals surface area contributed by atoms with Crippen LogP contribution in [0.2, 0.25) is 0 Å². The van der Waals surface area contributed by atoms with Crippen LogP contribution in [0.25, 0.3) is 0 Å². The molecule has 6 heteroatoms. The molecule has 0 bridgehead atoms. The third-order valence-corrected chi connectivity index (χ3v) is 6.15. The molecule has 3 rings (SSSR count). The van der Waals surface area contributed by atoms with Crippen molar-refractivity contribution in [3.8, 4) is 12.3 Å². The molecule has 0 N–H and O–H groups in total. The van der Waals surface area contributed by atoms with Gasteiger partial charge in [0, 0.05) is 38.6 Å². The number of carbonyl (C=O) groups excluding carboxylic acids is 1. The molecule has 3 aliphatic rings. The third kappa shape index (κ3) is 3.49. The minimum absolute atomic E-state index is 0.145. The number of rotatable bonds is 3. The van der Waals surface area contributed by atoms with E-state index in [-0.39, 0.29) is 17.9 Å². The van der Waals surface area contributed by atoms with E-state index in [2.05, 4.69) is 24.1 Å². The van der Waals surface area contributed by atoms with Crippen molar-refractivity contribution in [3.63, 3.8) is 0 Å². The molecule has 1 saturated carbocycles. The first-order chi connectivity index (χ1) is 11.6. The number of hydrogen-bond acceptors (Lipinski definition) is 5. The van der Waals surface area contributed by atoms with Gasteiger partial charge in [0.05, 0.1) is 12.6 Å². The Kier molecular flexibility index (Phi) is 5.26. The fourth-order valence-electron chi connectivity index (χ4n) is 4.48. The molecule has 0 radical (unpaired) electrons. The van der Waals surface area contributed by atoms with Crippen molar-refractivity contribution >= 4 is 5.91 Å². The van der Waals surface area contributed by atoms with Crippen LogP contribution in [0.1, 0.15) is 32.6 Å². The van der Waals surface area contributed by atoms with Crippen LogP contribution in [0.3, 0.4) is 0 Å². The topological polar surface area (TPSA) is 74.4 Å². The van der Waals surface area contributed by atoms with E-state index < -0.39 is 0 Å². The Balaban J connectivity index is 1.55. The fraction of sp³-hybridized carbons (Fsp3) is 0.833. The molecule has 2 atom stereocenters. The fourth-order valence-corrected chi connectivity index (χ4v) is 4.48. The molecule has 1 aliphatic carbocycles. The molecule has 3 fully saturated rings. The van der Waals surface area contributed by atoms with E-state index in [9.17, 15) is 4.79 Å². The largest absolute Gasteiger partial charge is 0.340 e. The van der Waals surface area contributed by atoms with Gasteiger partial charge in [-0.1, -0.05) is 6.92 Å². The van der Waals surface area contributed by atoms with E-state index in [1.165, 1.54) is 0 Å². The van der Waals surface area contributed by atoms with Crippen LogP contribution in [0.15, 0.2) is 0 Å². The summed E-state index contributed by atoms with van der Waals surface area (Å²) in [5, 5.41) is 18.1. The Morgan fingerprint density at radius 2 is 1.83 bits per heavy atom. The molecule has 0 aromatic carbocycles.